The van der Waals surface area contributed by atoms with E-state index in [-0.39, 0.29) is 5.91 Å². The van der Waals surface area contributed by atoms with E-state index in [1.807, 2.05) is 0 Å². The van der Waals surface area contributed by atoms with E-state index < -0.39 is 6.04 Å². The van der Waals surface area contributed by atoms with Crippen LogP contribution in [0.3, 0.4) is 0 Å². The van der Waals surface area contributed by atoms with E-state index >= 15 is 0 Å². The molecule has 0 bridgehead atoms. The highest BCUT2D eigenvalue weighted by atomic mass is 16.5. The van der Waals surface area contributed by atoms with Gasteiger partial charge in [-0.05, 0) is 25.9 Å². The molecule has 0 heterocycles. The molecule has 0 aromatic heterocycles. The van der Waals surface area contributed by atoms with Crippen LogP contribution in [0, 0.1) is 0 Å². The molecule has 0 spiro atoms. The summed E-state index contributed by atoms with van der Waals surface area (Å²) in [5, 5.41) is 2.86. The second kappa shape index (κ2) is 10.5. The van der Waals surface area contributed by atoms with E-state index in [2.05, 4.69) is 24.1 Å². The third-order valence-corrected chi connectivity index (χ3v) is 2.82. The summed E-state index contributed by atoms with van der Waals surface area (Å²) in [6.45, 7) is 8.44. The van der Waals surface area contributed by atoms with Gasteiger partial charge in [0, 0.05) is 26.8 Å². The number of nitrogens with zero attached hydrogens (tertiary/aromatic N) is 1. The van der Waals surface area contributed by atoms with Gasteiger partial charge in [-0.2, -0.15) is 0 Å². The van der Waals surface area contributed by atoms with Crippen LogP contribution in [0.2, 0.25) is 0 Å². The summed E-state index contributed by atoms with van der Waals surface area (Å²) in [6, 6.07) is -0.415. The molecule has 5 nitrogen and oxygen atoms in total. The molecule has 5 heteroatoms. The summed E-state index contributed by atoms with van der Waals surface area (Å²) in [5.74, 6) is -0.0618. The van der Waals surface area contributed by atoms with Gasteiger partial charge in [-0.3, -0.25) is 4.79 Å². The summed E-state index contributed by atoms with van der Waals surface area (Å²) in [4.78, 5) is 13.9. The molecule has 0 fully saturated rings. The molecule has 1 amide bonds. The number of carbonyl (C=O) groups is 1. The molecule has 0 saturated carbocycles. The topological polar surface area (TPSA) is 67.6 Å². The van der Waals surface area contributed by atoms with E-state index in [0.717, 1.165) is 26.1 Å². The molecule has 17 heavy (non-hydrogen) atoms. The predicted molar refractivity (Wildman–Crippen MR) is 69.9 cm³/mol. The van der Waals surface area contributed by atoms with Crippen LogP contribution in [0.1, 0.15) is 26.7 Å². The summed E-state index contributed by atoms with van der Waals surface area (Å²) >= 11 is 0. The Morgan fingerprint density at radius 1 is 1.41 bits per heavy atom. The zero-order chi connectivity index (χ0) is 13.1. The molecule has 0 aliphatic carbocycles. The largest absolute Gasteiger partial charge is 0.385 e. The lowest BCUT2D eigenvalue weighted by atomic mass is 10.1. The molecule has 1 unspecified atom stereocenters. The first-order valence-electron chi connectivity index (χ1n) is 6.40. The maximum absolute atomic E-state index is 11.6. The second-order valence-corrected chi connectivity index (χ2v) is 4.06. The van der Waals surface area contributed by atoms with Crippen LogP contribution in [0.5, 0.6) is 0 Å². The lowest BCUT2D eigenvalue weighted by molar-refractivity contribution is -0.122. The van der Waals surface area contributed by atoms with Crippen molar-refractivity contribution in [3.05, 3.63) is 0 Å². The zero-order valence-electron chi connectivity index (χ0n) is 11.4. The van der Waals surface area contributed by atoms with Crippen molar-refractivity contribution in [2.75, 3.05) is 39.9 Å². The van der Waals surface area contributed by atoms with Crippen molar-refractivity contribution >= 4 is 5.91 Å². The standard InChI is InChI=1S/C12H27N3O2/c1-4-15(5-2)9-8-14-12(16)11(13)7-6-10-17-3/h11H,4-10,13H2,1-3H3,(H,14,16). The molecule has 102 valence electrons. The molecule has 0 rings (SSSR count). The molecule has 0 radical (unpaired) electrons. The maximum Gasteiger partial charge on any atom is 0.236 e. The van der Waals surface area contributed by atoms with Crippen molar-refractivity contribution in [1.82, 2.24) is 10.2 Å². The number of methoxy groups -OCH3 is 1. The number of carbonyl (C=O) groups excluding carboxylic acids is 1. The number of nitrogens with two attached hydrogens (primary N) is 1. The fourth-order valence-electron chi connectivity index (χ4n) is 1.59. The van der Waals surface area contributed by atoms with Crippen LogP contribution in [-0.4, -0.2) is 56.7 Å². The number of ether oxygens (including phenoxy) is 1. The average Bonchev–Trinajstić information content (AvgIpc) is 2.34. The van der Waals surface area contributed by atoms with E-state index in [4.69, 9.17) is 10.5 Å². The van der Waals surface area contributed by atoms with E-state index in [1.54, 1.807) is 7.11 Å². The molecule has 1 atom stereocenters. The van der Waals surface area contributed by atoms with Crippen molar-refractivity contribution in [3.63, 3.8) is 0 Å². The molecule has 0 aliphatic rings. The molecule has 3 N–H and O–H groups in total. The monoisotopic (exact) mass is 245 g/mol. The Kier molecular flexibility index (Phi) is 10.1. The van der Waals surface area contributed by atoms with Gasteiger partial charge in [0.1, 0.15) is 0 Å². The van der Waals surface area contributed by atoms with Crippen molar-refractivity contribution in [2.24, 2.45) is 5.73 Å². The number of amides is 1. The van der Waals surface area contributed by atoms with Crippen molar-refractivity contribution in [2.45, 2.75) is 32.7 Å². The Bertz CT molecular complexity index is 196. The lowest BCUT2D eigenvalue weighted by Crippen LogP contribution is -2.43. The smallest absolute Gasteiger partial charge is 0.236 e. The third-order valence-electron chi connectivity index (χ3n) is 2.82. The van der Waals surface area contributed by atoms with Gasteiger partial charge < -0.3 is 20.7 Å². The van der Waals surface area contributed by atoms with E-state index in [1.165, 1.54) is 0 Å². The number of rotatable bonds is 10. The van der Waals surface area contributed by atoms with Gasteiger partial charge in [-0.1, -0.05) is 13.8 Å². The number of likely N-dealkylation sites (N-methyl/N-ethyl adjacent to an activating group) is 1. The van der Waals surface area contributed by atoms with Crippen molar-refractivity contribution in [1.29, 1.82) is 0 Å². The van der Waals surface area contributed by atoms with Crippen molar-refractivity contribution < 1.29 is 9.53 Å². The van der Waals surface area contributed by atoms with Gasteiger partial charge >= 0.3 is 0 Å². The Labute approximate surface area is 105 Å². The Morgan fingerprint density at radius 3 is 2.59 bits per heavy atom. The highest BCUT2D eigenvalue weighted by Crippen LogP contribution is 1.95. The van der Waals surface area contributed by atoms with Crippen LogP contribution in [-0.2, 0) is 9.53 Å². The molecule has 0 saturated heterocycles. The van der Waals surface area contributed by atoms with Crippen molar-refractivity contribution in [3.8, 4) is 0 Å². The highest BCUT2D eigenvalue weighted by molar-refractivity contribution is 5.81. The van der Waals surface area contributed by atoms with Gasteiger partial charge in [0.15, 0.2) is 0 Å². The Morgan fingerprint density at radius 2 is 2.06 bits per heavy atom. The Hall–Kier alpha value is -0.650. The minimum absolute atomic E-state index is 0.0618. The normalized spacial score (nSPS) is 12.8. The molecule has 0 aliphatic heterocycles. The van der Waals surface area contributed by atoms with Crippen LogP contribution in [0.25, 0.3) is 0 Å². The number of nitrogens with one attached hydrogen (secondary N) is 1. The minimum Gasteiger partial charge on any atom is -0.385 e. The summed E-state index contributed by atoms with van der Waals surface area (Å²) < 4.78 is 4.92. The number of hydrogen-bond donors (Lipinski definition) is 2. The lowest BCUT2D eigenvalue weighted by Gasteiger charge is -2.19. The van der Waals surface area contributed by atoms with Crippen LogP contribution in [0.15, 0.2) is 0 Å². The zero-order valence-corrected chi connectivity index (χ0v) is 11.4. The van der Waals surface area contributed by atoms with E-state index in [9.17, 15) is 4.79 Å². The van der Waals surface area contributed by atoms with Gasteiger partial charge in [-0.15, -0.1) is 0 Å². The fourth-order valence-corrected chi connectivity index (χ4v) is 1.59. The van der Waals surface area contributed by atoms with Gasteiger partial charge in [0.2, 0.25) is 5.91 Å². The van der Waals surface area contributed by atoms with Crippen LogP contribution >= 0.6 is 0 Å². The van der Waals surface area contributed by atoms with E-state index in [0.29, 0.717) is 19.6 Å². The van der Waals surface area contributed by atoms with Crippen LogP contribution in [0.4, 0.5) is 0 Å². The Balaban J connectivity index is 3.63. The predicted octanol–water partition coefficient (Wildman–Crippen LogP) is 0.198. The minimum atomic E-state index is -0.415. The molecule has 0 aromatic rings. The maximum atomic E-state index is 11.6. The fraction of sp³-hybridized carbons (Fsp3) is 0.917. The first kappa shape index (κ1) is 16.4. The summed E-state index contributed by atoms with van der Waals surface area (Å²) in [7, 11) is 1.65. The molecular weight excluding hydrogens is 218 g/mol. The second-order valence-electron chi connectivity index (χ2n) is 4.06. The first-order chi connectivity index (χ1) is 8.15. The number of hydrogen-bond acceptors (Lipinski definition) is 4. The van der Waals surface area contributed by atoms with Crippen LogP contribution < -0.4 is 11.1 Å². The van der Waals surface area contributed by atoms with Gasteiger partial charge in [0.25, 0.3) is 0 Å². The van der Waals surface area contributed by atoms with Gasteiger partial charge in [0.05, 0.1) is 6.04 Å². The molecule has 0 aromatic carbocycles. The summed E-state index contributed by atoms with van der Waals surface area (Å²) in [6.07, 6.45) is 1.49. The average molecular weight is 245 g/mol. The third kappa shape index (κ3) is 8.12. The van der Waals surface area contributed by atoms with Gasteiger partial charge in [-0.25, -0.2) is 0 Å². The quantitative estimate of drug-likeness (QED) is 0.540. The SMILES string of the molecule is CCN(CC)CCNC(=O)C(N)CCCOC. The summed E-state index contributed by atoms with van der Waals surface area (Å²) in [5.41, 5.74) is 5.76. The highest BCUT2D eigenvalue weighted by Gasteiger charge is 2.12. The first-order valence-corrected chi connectivity index (χ1v) is 6.40. The molecular formula is C12H27N3O2.